The third kappa shape index (κ3) is 2.17. The number of ether oxygens (including phenoxy) is 1. The van der Waals surface area contributed by atoms with E-state index < -0.39 is 5.41 Å². The van der Waals surface area contributed by atoms with Crippen molar-refractivity contribution >= 4 is 11.6 Å². The Morgan fingerprint density at radius 2 is 1.82 bits per heavy atom. The molecule has 2 aromatic carbocycles. The number of hydrogen-bond acceptors (Lipinski definition) is 2. The minimum atomic E-state index is -0.524. The van der Waals surface area contributed by atoms with Crippen molar-refractivity contribution in [1.82, 2.24) is 0 Å². The molecule has 3 rings (SSSR count). The second kappa shape index (κ2) is 5.16. The second-order valence-electron chi connectivity index (χ2n) is 6.34. The van der Waals surface area contributed by atoms with Gasteiger partial charge in [-0.3, -0.25) is 4.79 Å². The summed E-state index contributed by atoms with van der Waals surface area (Å²) >= 11 is 0. The number of hydrogen-bond donors (Lipinski definition) is 0. The average Bonchev–Trinajstić information content (AvgIpc) is 2.70. The van der Waals surface area contributed by atoms with E-state index in [4.69, 9.17) is 4.74 Å². The molecule has 0 radical (unpaired) electrons. The van der Waals surface area contributed by atoms with Gasteiger partial charge in [0.2, 0.25) is 5.91 Å². The van der Waals surface area contributed by atoms with Gasteiger partial charge in [-0.25, -0.2) is 0 Å². The minimum absolute atomic E-state index is 0.141. The van der Waals surface area contributed by atoms with Crippen LogP contribution in [0.1, 0.15) is 30.5 Å². The van der Waals surface area contributed by atoms with Crippen molar-refractivity contribution in [2.75, 3.05) is 12.0 Å². The fourth-order valence-corrected chi connectivity index (χ4v) is 3.17. The van der Waals surface area contributed by atoms with E-state index in [1.807, 2.05) is 56.0 Å². The van der Waals surface area contributed by atoms with Crippen LogP contribution >= 0.6 is 0 Å². The summed E-state index contributed by atoms with van der Waals surface area (Å²) in [5.74, 6) is 0.946. The van der Waals surface area contributed by atoms with Crippen LogP contribution in [-0.4, -0.2) is 13.0 Å². The lowest BCUT2D eigenvalue weighted by atomic mass is 9.85. The van der Waals surface area contributed by atoms with Crippen molar-refractivity contribution in [3.63, 3.8) is 0 Å². The van der Waals surface area contributed by atoms with Crippen molar-refractivity contribution in [2.24, 2.45) is 0 Å². The predicted octanol–water partition coefficient (Wildman–Crippen LogP) is 3.83. The van der Waals surface area contributed by atoms with Crippen LogP contribution < -0.4 is 9.64 Å². The van der Waals surface area contributed by atoms with E-state index in [0.717, 1.165) is 28.1 Å². The molecule has 2 aromatic rings. The summed E-state index contributed by atoms with van der Waals surface area (Å²) in [5, 5.41) is 0. The van der Waals surface area contributed by atoms with Crippen LogP contribution in [0.4, 0.5) is 5.69 Å². The van der Waals surface area contributed by atoms with Crippen LogP contribution in [0.15, 0.2) is 42.5 Å². The molecule has 0 saturated heterocycles. The standard InChI is InChI=1S/C19H21NO2/c1-13-10-15(22-4)11-16-17(13)20(18(21)19(16,2)3)12-14-8-6-5-7-9-14/h5-11H,12H2,1-4H3. The molecule has 1 aliphatic heterocycles. The Morgan fingerprint density at radius 3 is 2.45 bits per heavy atom. The highest BCUT2D eigenvalue weighted by atomic mass is 16.5. The van der Waals surface area contributed by atoms with Gasteiger partial charge in [0, 0.05) is 0 Å². The fourth-order valence-electron chi connectivity index (χ4n) is 3.17. The number of benzene rings is 2. The van der Waals surface area contributed by atoms with Gasteiger partial charge < -0.3 is 9.64 Å². The molecule has 0 aromatic heterocycles. The first-order chi connectivity index (χ1) is 10.4. The summed E-state index contributed by atoms with van der Waals surface area (Å²) in [6, 6.07) is 14.1. The molecule has 1 aliphatic rings. The Morgan fingerprint density at radius 1 is 1.14 bits per heavy atom. The molecule has 3 heteroatoms. The second-order valence-corrected chi connectivity index (χ2v) is 6.34. The van der Waals surface area contributed by atoms with Crippen molar-refractivity contribution in [1.29, 1.82) is 0 Å². The Balaban J connectivity index is 2.10. The monoisotopic (exact) mass is 295 g/mol. The molecule has 114 valence electrons. The van der Waals surface area contributed by atoms with Crippen LogP contribution in [0.25, 0.3) is 0 Å². The zero-order valence-electron chi connectivity index (χ0n) is 13.5. The van der Waals surface area contributed by atoms with E-state index in [1.54, 1.807) is 7.11 Å². The Kier molecular flexibility index (Phi) is 3.44. The first-order valence-corrected chi connectivity index (χ1v) is 7.50. The average molecular weight is 295 g/mol. The van der Waals surface area contributed by atoms with E-state index in [2.05, 4.69) is 12.1 Å². The molecule has 0 bridgehead atoms. The van der Waals surface area contributed by atoms with Crippen molar-refractivity contribution < 1.29 is 9.53 Å². The summed E-state index contributed by atoms with van der Waals surface area (Å²) in [4.78, 5) is 14.8. The van der Waals surface area contributed by atoms with E-state index in [0.29, 0.717) is 6.54 Å². The maximum Gasteiger partial charge on any atom is 0.237 e. The van der Waals surface area contributed by atoms with E-state index >= 15 is 0 Å². The quantitative estimate of drug-likeness (QED) is 0.861. The van der Waals surface area contributed by atoms with Gasteiger partial charge in [-0.2, -0.15) is 0 Å². The highest BCUT2D eigenvalue weighted by molar-refractivity contribution is 6.08. The summed E-state index contributed by atoms with van der Waals surface area (Å²) in [7, 11) is 1.66. The van der Waals surface area contributed by atoms with Gasteiger partial charge in [0.1, 0.15) is 5.75 Å². The zero-order chi connectivity index (χ0) is 15.9. The van der Waals surface area contributed by atoms with Crippen LogP contribution in [0.3, 0.4) is 0 Å². The molecule has 0 unspecified atom stereocenters. The SMILES string of the molecule is COc1cc(C)c2c(c1)C(C)(C)C(=O)N2Cc1ccccc1. The molecule has 0 fully saturated rings. The normalized spacial score (nSPS) is 15.8. The van der Waals surface area contributed by atoms with Crippen LogP contribution in [0.2, 0.25) is 0 Å². The third-order valence-electron chi connectivity index (χ3n) is 4.42. The van der Waals surface area contributed by atoms with Crippen molar-refractivity contribution in [3.8, 4) is 5.75 Å². The van der Waals surface area contributed by atoms with Gasteiger partial charge in [0.25, 0.3) is 0 Å². The predicted molar refractivity (Wildman–Crippen MR) is 88.4 cm³/mol. The number of anilines is 1. The maximum absolute atomic E-state index is 12.9. The molecular formula is C19H21NO2. The number of aryl methyl sites for hydroxylation is 1. The molecule has 3 nitrogen and oxygen atoms in total. The topological polar surface area (TPSA) is 29.5 Å². The Bertz CT molecular complexity index is 720. The summed E-state index contributed by atoms with van der Waals surface area (Å²) in [5.41, 5.74) is 3.76. The van der Waals surface area contributed by atoms with Gasteiger partial charge in [0.15, 0.2) is 0 Å². The number of rotatable bonds is 3. The molecule has 22 heavy (non-hydrogen) atoms. The highest BCUT2D eigenvalue weighted by Gasteiger charge is 2.44. The molecule has 0 saturated carbocycles. The lowest BCUT2D eigenvalue weighted by molar-refractivity contribution is -0.122. The molecule has 1 amide bonds. The van der Waals surface area contributed by atoms with Crippen molar-refractivity contribution in [3.05, 3.63) is 59.2 Å². The van der Waals surface area contributed by atoms with Gasteiger partial charge in [-0.1, -0.05) is 30.3 Å². The lowest BCUT2D eigenvalue weighted by Gasteiger charge is -2.21. The summed E-state index contributed by atoms with van der Waals surface area (Å²) in [6.45, 7) is 6.60. The van der Waals surface area contributed by atoms with Gasteiger partial charge in [-0.15, -0.1) is 0 Å². The molecule has 0 N–H and O–H groups in total. The number of amides is 1. The Hall–Kier alpha value is -2.29. The molecule has 0 spiro atoms. The highest BCUT2D eigenvalue weighted by Crippen LogP contribution is 2.45. The molecule has 0 aliphatic carbocycles. The number of carbonyl (C=O) groups is 1. The van der Waals surface area contributed by atoms with E-state index in [9.17, 15) is 4.79 Å². The molecule has 1 heterocycles. The van der Waals surface area contributed by atoms with Crippen LogP contribution in [-0.2, 0) is 16.8 Å². The van der Waals surface area contributed by atoms with E-state index in [-0.39, 0.29) is 5.91 Å². The summed E-state index contributed by atoms with van der Waals surface area (Å²) in [6.07, 6.45) is 0. The number of fused-ring (bicyclic) bond motifs is 1. The number of methoxy groups -OCH3 is 1. The first-order valence-electron chi connectivity index (χ1n) is 7.50. The number of nitrogens with zero attached hydrogens (tertiary/aromatic N) is 1. The summed E-state index contributed by atoms with van der Waals surface area (Å²) < 4.78 is 5.37. The van der Waals surface area contributed by atoms with Gasteiger partial charge in [-0.05, 0) is 49.6 Å². The van der Waals surface area contributed by atoms with Gasteiger partial charge in [0.05, 0.1) is 24.8 Å². The lowest BCUT2D eigenvalue weighted by Crippen LogP contribution is -2.35. The maximum atomic E-state index is 12.9. The largest absolute Gasteiger partial charge is 0.497 e. The smallest absolute Gasteiger partial charge is 0.237 e. The van der Waals surface area contributed by atoms with Gasteiger partial charge >= 0.3 is 0 Å². The molecule has 0 atom stereocenters. The zero-order valence-corrected chi connectivity index (χ0v) is 13.5. The van der Waals surface area contributed by atoms with Crippen molar-refractivity contribution in [2.45, 2.75) is 32.7 Å². The van der Waals surface area contributed by atoms with E-state index in [1.165, 1.54) is 0 Å². The van der Waals surface area contributed by atoms with Crippen LogP contribution in [0, 0.1) is 6.92 Å². The minimum Gasteiger partial charge on any atom is -0.497 e. The van der Waals surface area contributed by atoms with Crippen LogP contribution in [0.5, 0.6) is 5.75 Å². The molecular weight excluding hydrogens is 274 g/mol. The fraction of sp³-hybridized carbons (Fsp3) is 0.316. The third-order valence-corrected chi connectivity index (χ3v) is 4.42. The first kappa shape index (κ1) is 14.6. The Labute approximate surface area is 131 Å². The number of carbonyl (C=O) groups excluding carboxylic acids is 1.